The van der Waals surface area contributed by atoms with Gasteiger partial charge in [-0.2, -0.15) is 0 Å². The van der Waals surface area contributed by atoms with E-state index in [9.17, 15) is 5.11 Å². The number of hydrogen-bond acceptors (Lipinski definition) is 3. The van der Waals surface area contributed by atoms with E-state index in [0.29, 0.717) is 16.5 Å². The highest BCUT2D eigenvalue weighted by Gasteiger charge is 2.17. The average Bonchev–Trinajstić information content (AvgIpc) is 2.86. The van der Waals surface area contributed by atoms with Gasteiger partial charge >= 0.3 is 0 Å². The molecular formula is C14H11ClO3. The first kappa shape index (κ1) is 11.4. The van der Waals surface area contributed by atoms with Crippen LogP contribution in [0.4, 0.5) is 0 Å². The van der Waals surface area contributed by atoms with E-state index in [-0.39, 0.29) is 6.79 Å². The van der Waals surface area contributed by atoms with Crippen LogP contribution in [0, 0.1) is 0 Å². The van der Waals surface area contributed by atoms with Gasteiger partial charge in [0.1, 0.15) is 6.10 Å². The zero-order valence-electron chi connectivity index (χ0n) is 9.47. The Morgan fingerprint density at radius 2 is 1.61 bits per heavy atom. The van der Waals surface area contributed by atoms with Gasteiger partial charge in [-0.25, -0.2) is 0 Å². The summed E-state index contributed by atoms with van der Waals surface area (Å²) in [6.07, 6.45) is -0.697. The number of aliphatic hydroxyl groups is 1. The maximum Gasteiger partial charge on any atom is 0.231 e. The number of hydrogen-bond donors (Lipinski definition) is 1. The summed E-state index contributed by atoms with van der Waals surface area (Å²) in [6, 6.07) is 12.5. The van der Waals surface area contributed by atoms with Gasteiger partial charge in [-0.05, 0) is 35.4 Å². The highest BCUT2D eigenvalue weighted by molar-refractivity contribution is 6.30. The first-order valence-electron chi connectivity index (χ1n) is 5.57. The van der Waals surface area contributed by atoms with Gasteiger partial charge < -0.3 is 14.6 Å². The van der Waals surface area contributed by atoms with Crippen molar-refractivity contribution in [2.45, 2.75) is 6.10 Å². The zero-order valence-corrected chi connectivity index (χ0v) is 10.2. The van der Waals surface area contributed by atoms with Gasteiger partial charge in [0.05, 0.1) is 0 Å². The van der Waals surface area contributed by atoms with Crippen LogP contribution in [-0.4, -0.2) is 11.9 Å². The standard InChI is InChI=1S/C14H11ClO3/c15-11-4-1-9(2-5-11)14(16)10-3-6-12-13(7-10)18-8-17-12/h1-7,14,16H,8H2. The Kier molecular flexibility index (Phi) is 2.86. The summed E-state index contributed by atoms with van der Waals surface area (Å²) in [6.45, 7) is 0.232. The van der Waals surface area contributed by atoms with Gasteiger partial charge in [0.15, 0.2) is 11.5 Å². The zero-order chi connectivity index (χ0) is 12.5. The number of rotatable bonds is 2. The normalized spacial score (nSPS) is 14.6. The second-order valence-electron chi connectivity index (χ2n) is 4.07. The first-order valence-corrected chi connectivity index (χ1v) is 5.95. The fourth-order valence-electron chi connectivity index (χ4n) is 1.92. The van der Waals surface area contributed by atoms with Crippen molar-refractivity contribution >= 4 is 11.6 Å². The van der Waals surface area contributed by atoms with Crippen LogP contribution >= 0.6 is 11.6 Å². The van der Waals surface area contributed by atoms with Crippen LogP contribution < -0.4 is 9.47 Å². The van der Waals surface area contributed by atoms with E-state index in [2.05, 4.69) is 0 Å². The molecule has 1 unspecified atom stereocenters. The highest BCUT2D eigenvalue weighted by atomic mass is 35.5. The topological polar surface area (TPSA) is 38.7 Å². The van der Waals surface area contributed by atoms with Crippen LogP contribution in [0.25, 0.3) is 0 Å². The maximum absolute atomic E-state index is 10.3. The maximum atomic E-state index is 10.3. The molecule has 92 valence electrons. The molecule has 2 aromatic carbocycles. The van der Waals surface area contributed by atoms with Crippen LogP contribution in [-0.2, 0) is 0 Å². The van der Waals surface area contributed by atoms with Crippen LogP contribution in [0.5, 0.6) is 11.5 Å². The highest BCUT2D eigenvalue weighted by Crippen LogP contribution is 2.35. The Morgan fingerprint density at radius 1 is 0.944 bits per heavy atom. The molecule has 0 saturated carbocycles. The van der Waals surface area contributed by atoms with Crippen molar-refractivity contribution in [1.82, 2.24) is 0 Å². The second kappa shape index (κ2) is 4.52. The Labute approximate surface area is 110 Å². The summed E-state index contributed by atoms with van der Waals surface area (Å²) in [4.78, 5) is 0. The summed E-state index contributed by atoms with van der Waals surface area (Å²) in [5.74, 6) is 1.38. The van der Waals surface area contributed by atoms with Crippen LogP contribution in [0.15, 0.2) is 42.5 Å². The van der Waals surface area contributed by atoms with Gasteiger partial charge in [0.2, 0.25) is 6.79 Å². The number of ether oxygens (including phenoxy) is 2. The van der Waals surface area contributed by atoms with E-state index in [4.69, 9.17) is 21.1 Å². The summed E-state index contributed by atoms with van der Waals surface area (Å²) < 4.78 is 10.5. The molecule has 0 saturated heterocycles. The molecule has 0 spiro atoms. The third-order valence-corrected chi connectivity index (χ3v) is 3.15. The Balaban J connectivity index is 1.92. The predicted octanol–water partition coefficient (Wildman–Crippen LogP) is 3.15. The molecule has 18 heavy (non-hydrogen) atoms. The van der Waals surface area contributed by atoms with Crippen molar-refractivity contribution in [2.24, 2.45) is 0 Å². The van der Waals surface area contributed by atoms with E-state index in [1.54, 1.807) is 36.4 Å². The number of halogens is 1. The minimum absolute atomic E-state index is 0.232. The Bertz CT molecular complexity index is 566. The molecule has 0 amide bonds. The summed E-state index contributed by atoms with van der Waals surface area (Å²) in [7, 11) is 0. The third kappa shape index (κ3) is 2.03. The number of fused-ring (bicyclic) bond motifs is 1. The van der Waals surface area contributed by atoms with Crippen molar-refractivity contribution < 1.29 is 14.6 Å². The lowest BCUT2D eigenvalue weighted by molar-refractivity contribution is 0.173. The van der Waals surface area contributed by atoms with E-state index in [1.807, 2.05) is 6.07 Å². The molecule has 1 atom stereocenters. The minimum Gasteiger partial charge on any atom is -0.454 e. The molecule has 1 aliphatic rings. The Morgan fingerprint density at radius 3 is 2.39 bits per heavy atom. The van der Waals surface area contributed by atoms with Crippen LogP contribution in [0.3, 0.4) is 0 Å². The smallest absolute Gasteiger partial charge is 0.231 e. The van der Waals surface area contributed by atoms with Gasteiger partial charge in [-0.1, -0.05) is 29.8 Å². The number of aliphatic hydroxyl groups excluding tert-OH is 1. The van der Waals surface area contributed by atoms with Crippen LogP contribution in [0.1, 0.15) is 17.2 Å². The molecule has 0 fully saturated rings. The molecule has 3 nitrogen and oxygen atoms in total. The lowest BCUT2D eigenvalue weighted by Gasteiger charge is -2.12. The lowest BCUT2D eigenvalue weighted by atomic mass is 10.0. The quantitative estimate of drug-likeness (QED) is 0.904. The SMILES string of the molecule is OC(c1ccc(Cl)cc1)c1ccc2c(c1)OCO2. The van der Waals surface area contributed by atoms with Gasteiger partial charge in [0.25, 0.3) is 0 Å². The molecule has 2 aromatic rings. The number of benzene rings is 2. The molecule has 0 bridgehead atoms. The lowest BCUT2D eigenvalue weighted by Crippen LogP contribution is -1.99. The van der Waals surface area contributed by atoms with Crippen molar-refractivity contribution in [3.63, 3.8) is 0 Å². The average molecular weight is 263 g/mol. The Hall–Kier alpha value is -1.71. The van der Waals surface area contributed by atoms with Gasteiger partial charge in [-0.15, -0.1) is 0 Å². The molecule has 4 heteroatoms. The van der Waals surface area contributed by atoms with Crippen molar-refractivity contribution in [1.29, 1.82) is 0 Å². The molecular weight excluding hydrogens is 252 g/mol. The third-order valence-electron chi connectivity index (χ3n) is 2.90. The van der Waals surface area contributed by atoms with E-state index in [0.717, 1.165) is 11.1 Å². The molecule has 1 N–H and O–H groups in total. The van der Waals surface area contributed by atoms with Crippen molar-refractivity contribution in [2.75, 3.05) is 6.79 Å². The fraction of sp³-hybridized carbons (Fsp3) is 0.143. The van der Waals surface area contributed by atoms with Crippen LogP contribution in [0.2, 0.25) is 5.02 Å². The first-order chi connectivity index (χ1) is 8.74. The largest absolute Gasteiger partial charge is 0.454 e. The van der Waals surface area contributed by atoms with Crippen molar-refractivity contribution in [3.8, 4) is 11.5 Å². The van der Waals surface area contributed by atoms with E-state index in [1.165, 1.54) is 0 Å². The monoisotopic (exact) mass is 262 g/mol. The van der Waals surface area contributed by atoms with Crippen molar-refractivity contribution in [3.05, 3.63) is 58.6 Å². The van der Waals surface area contributed by atoms with Gasteiger partial charge in [-0.3, -0.25) is 0 Å². The second-order valence-corrected chi connectivity index (χ2v) is 4.50. The molecule has 0 aliphatic carbocycles. The summed E-state index contributed by atoms with van der Waals surface area (Å²) >= 11 is 5.82. The van der Waals surface area contributed by atoms with Gasteiger partial charge in [0, 0.05) is 5.02 Å². The summed E-state index contributed by atoms with van der Waals surface area (Å²) in [5.41, 5.74) is 1.56. The van der Waals surface area contributed by atoms with E-state index >= 15 is 0 Å². The summed E-state index contributed by atoms with van der Waals surface area (Å²) in [5, 5.41) is 10.9. The fourth-order valence-corrected chi connectivity index (χ4v) is 2.05. The molecule has 1 aliphatic heterocycles. The molecule has 3 rings (SSSR count). The molecule has 0 aromatic heterocycles. The predicted molar refractivity (Wildman–Crippen MR) is 68.1 cm³/mol. The molecule has 1 heterocycles. The molecule has 0 radical (unpaired) electrons. The van der Waals surface area contributed by atoms with E-state index < -0.39 is 6.10 Å². The minimum atomic E-state index is -0.697.